The second kappa shape index (κ2) is 7.10. The molecule has 21 heavy (non-hydrogen) atoms. The van der Waals surface area contributed by atoms with E-state index >= 15 is 0 Å². The summed E-state index contributed by atoms with van der Waals surface area (Å²) in [6.07, 6.45) is 10.7. The third kappa shape index (κ3) is 3.42. The SMILES string of the molecule is O=C(NCC1CCOC1)C1(N2CCCCC2)CCCCC1. The van der Waals surface area contributed by atoms with E-state index in [2.05, 4.69) is 10.2 Å². The van der Waals surface area contributed by atoms with Crippen LogP contribution in [0.1, 0.15) is 57.8 Å². The number of hydrogen-bond acceptors (Lipinski definition) is 3. The van der Waals surface area contributed by atoms with Crippen LogP contribution < -0.4 is 5.32 Å². The topological polar surface area (TPSA) is 41.6 Å². The average molecular weight is 294 g/mol. The van der Waals surface area contributed by atoms with Crippen LogP contribution in [0.4, 0.5) is 0 Å². The van der Waals surface area contributed by atoms with Gasteiger partial charge in [-0.15, -0.1) is 0 Å². The zero-order chi connectivity index (χ0) is 14.5. The number of piperidine rings is 1. The molecule has 1 atom stereocenters. The van der Waals surface area contributed by atoms with Crippen molar-refractivity contribution in [2.24, 2.45) is 5.92 Å². The minimum Gasteiger partial charge on any atom is -0.381 e. The first-order valence-corrected chi connectivity index (χ1v) is 8.92. The summed E-state index contributed by atoms with van der Waals surface area (Å²) in [7, 11) is 0. The van der Waals surface area contributed by atoms with Gasteiger partial charge in [-0.1, -0.05) is 25.7 Å². The van der Waals surface area contributed by atoms with Crippen LogP contribution >= 0.6 is 0 Å². The number of amides is 1. The van der Waals surface area contributed by atoms with Gasteiger partial charge in [0.25, 0.3) is 0 Å². The van der Waals surface area contributed by atoms with Crippen molar-refractivity contribution in [1.82, 2.24) is 10.2 Å². The Morgan fingerprint density at radius 2 is 1.81 bits per heavy atom. The number of likely N-dealkylation sites (tertiary alicyclic amines) is 1. The highest BCUT2D eigenvalue weighted by atomic mass is 16.5. The summed E-state index contributed by atoms with van der Waals surface area (Å²) in [5, 5.41) is 3.27. The summed E-state index contributed by atoms with van der Waals surface area (Å²) in [5.41, 5.74) is -0.196. The third-order valence-corrected chi connectivity index (χ3v) is 5.64. The minimum absolute atomic E-state index is 0.196. The van der Waals surface area contributed by atoms with E-state index in [1.165, 1.54) is 38.5 Å². The maximum atomic E-state index is 13.0. The van der Waals surface area contributed by atoms with Crippen molar-refractivity contribution in [1.29, 1.82) is 0 Å². The fourth-order valence-corrected chi connectivity index (χ4v) is 4.29. The molecular formula is C17H30N2O2. The van der Waals surface area contributed by atoms with E-state index in [4.69, 9.17) is 4.74 Å². The lowest BCUT2D eigenvalue weighted by Gasteiger charge is -2.46. The van der Waals surface area contributed by atoms with Gasteiger partial charge in [-0.05, 0) is 45.2 Å². The number of hydrogen-bond donors (Lipinski definition) is 1. The van der Waals surface area contributed by atoms with Crippen LogP contribution in [0, 0.1) is 5.92 Å². The average Bonchev–Trinajstić information content (AvgIpc) is 3.07. The number of carbonyl (C=O) groups excluding carboxylic acids is 1. The molecule has 0 radical (unpaired) electrons. The van der Waals surface area contributed by atoms with Gasteiger partial charge in [0.1, 0.15) is 5.54 Å². The minimum atomic E-state index is -0.196. The summed E-state index contributed by atoms with van der Waals surface area (Å²) < 4.78 is 5.41. The zero-order valence-electron chi connectivity index (χ0n) is 13.2. The van der Waals surface area contributed by atoms with Crippen LogP contribution in [0.3, 0.4) is 0 Å². The lowest BCUT2D eigenvalue weighted by atomic mass is 9.78. The number of ether oxygens (including phenoxy) is 1. The Labute approximate surface area is 128 Å². The van der Waals surface area contributed by atoms with Crippen LogP contribution in [0.25, 0.3) is 0 Å². The molecule has 120 valence electrons. The molecule has 1 N–H and O–H groups in total. The Bertz CT molecular complexity index is 341. The van der Waals surface area contributed by atoms with E-state index in [9.17, 15) is 4.79 Å². The molecule has 3 fully saturated rings. The van der Waals surface area contributed by atoms with Crippen LogP contribution in [0.2, 0.25) is 0 Å². The predicted molar refractivity (Wildman–Crippen MR) is 83.2 cm³/mol. The predicted octanol–water partition coefficient (Wildman–Crippen LogP) is 2.33. The summed E-state index contributed by atoms with van der Waals surface area (Å²) in [4.78, 5) is 15.5. The van der Waals surface area contributed by atoms with Gasteiger partial charge in [0, 0.05) is 19.1 Å². The number of nitrogens with one attached hydrogen (secondary N) is 1. The number of carbonyl (C=O) groups is 1. The highest BCUT2D eigenvalue weighted by Crippen LogP contribution is 2.36. The fourth-order valence-electron chi connectivity index (χ4n) is 4.29. The third-order valence-electron chi connectivity index (χ3n) is 5.64. The Morgan fingerprint density at radius 1 is 1.10 bits per heavy atom. The molecule has 0 aromatic rings. The largest absolute Gasteiger partial charge is 0.381 e. The van der Waals surface area contributed by atoms with E-state index < -0.39 is 0 Å². The molecule has 4 nitrogen and oxygen atoms in total. The standard InChI is InChI=1S/C17H30N2O2/c20-16(18-13-15-7-12-21-14-15)17(8-3-1-4-9-17)19-10-5-2-6-11-19/h15H,1-14H2,(H,18,20). The van der Waals surface area contributed by atoms with E-state index in [0.29, 0.717) is 11.8 Å². The van der Waals surface area contributed by atoms with E-state index in [1.807, 2.05) is 0 Å². The molecule has 0 aromatic carbocycles. The molecule has 3 rings (SSSR count). The first kappa shape index (κ1) is 15.3. The molecule has 3 aliphatic rings. The lowest BCUT2D eigenvalue weighted by Crippen LogP contribution is -2.61. The van der Waals surface area contributed by atoms with Gasteiger partial charge in [0.15, 0.2) is 0 Å². The second-order valence-corrected chi connectivity index (χ2v) is 7.08. The quantitative estimate of drug-likeness (QED) is 0.865. The van der Waals surface area contributed by atoms with Gasteiger partial charge in [0.05, 0.1) is 6.61 Å². The van der Waals surface area contributed by atoms with Crippen molar-refractivity contribution in [2.45, 2.75) is 63.3 Å². The highest BCUT2D eigenvalue weighted by Gasteiger charge is 2.44. The van der Waals surface area contributed by atoms with Crippen LogP contribution in [0.5, 0.6) is 0 Å². The molecule has 2 heterocycles. The normalized spacial score (nSPS) is 30.2. The molecule has 1 unspecified atom stereocenters. The summed E-state index contributed by atoms with van der Waals surface area (Å²) in [6, 6.07) is 0. The Morgan fingerprint density at radius 3 is 2.48 bits per heavy atom. The molecule has 1 aliphatic carbocycles. The van der Waals surface area contributed by atoms with Gasteiger partial charge in [-0.2, -0.15) is 0 Å². The van der Waals surface area contributed by atoms with Gasteiger partial charge in [0.2, 0.25) is 5.91 Å². The monoisotopic (exact) mass is 294 g/mol. The molecule has 4 heteroatoms. The smallest absolute Gasteiger partial charge is 0.240 e. The van der Waals surface area contributed by atoms with Crippen molar-refractivity contribution < 1.29 is 9.53 Å². The van der Waals surface area contributed by atoms with Crippen molar-refractivity contribution in [3.63, 3.8) is 0 Å². The Hall–Kier alpha value is -0.610. The first-order chi connectivity index (χ1) is 10.3. The van der Waals surface area contributed by atoms with E-state index in [-0.39, 0.29) is 5.54 Å². The Balaban J connectivity index is 1.63. The van der Waals surface area contributed by atoms with Gasteiger partial charge >= 0.3 is 0 Å². The molecule has 2 aliphatic heterocycles. The van der Waals surface area contributed by atoms with Crippen molar-refractivity contribution in [2.75, 3.05) is 32.8 Å². The molecule has 0 bridgehead atoms. The second-order valence-electron chi connectivity index (χ2n) is 7.08. The molecule has 1 amide bonds. The number of nitrogens with zero attached hydrogens (tertiary/aromatic N) is 1. The van der Waals surface area contributed by atoms with Gasteiger partial charge < -0.3 is 10.1 Å². The highest BCUT2D eigenvalue weighted by molar-refractivity contribution is 5.86. The summed E-state index contributed by atoms with van der Waals surface area (Å²) in [6.45, 7) is 4.70. The zero-order valence-corrected chi connectivity index (χ0v) is 13.2. The maximum Gasteiger partial charge on any atom is 0.240 e. The van der Waals surface area contributed by atoms with E-state index in [0.717, 1.165) is 52.1 Å². The van der Waals surface area contributed by atoms with Gasteiger partial charge in [-0.3, -0.25) is 9.69 Å². The molecule has 0 aromatic heterocycles. The van der Waals surface area contributed by atoms with Crippen LogP contribution in [-0.2, 0) is 9.53 Å². The number of rotatable bonds is 4. The van der Waals surface area contributed by atoms with E-state index in [1.54, 1.807) is 0 Å². The lowest BCUT2D eigenvalue weighted by molar-refractivity contribution is -0.137. The summed E-state index contributed by atoms with van der Waals surface area (Å²) in [5.74, 6) is 0.826. The maximum absolute atomic E-state index is 13.0. The van der Waals surface area contributed by atoms with Crippen molar-refractivity contribution >= 4 is 5.91 Å². The van der Waals surface area contributed by atoms with Crippen LogP contribution in [-0.4, -0.2) is 49.2 Å². The molecule has 1 saturated carbocycles. The van der Waals surface area contributed by atoms with Gasteiger partial charge in [-0.25, -0.2) is 0 Å². The van der Waals surface area contributed by atoms with Crippen molar-refractivity contribution in [3.8, 4) is 0 Å². The summed E-state index contributed by atoms with van der Waals surface area (Å²) >= 11 is 0. The Kier molecular flexibility index (Phi) is 5.17. The van der Waals surface area contributed by atoms with Crippen LogP contribution in [0.15, 0.2) is 0 Å². The first-order valence-electron chi connectivity index (χ1n) is 8.92. The van der Waals surface area contributed by atoms with Crippen molar-refractivity contribution in [3.05, 3.63) is 0 Å². The fraction of sp³-hybridized carbons (Fsp3) is 0.941. The molecule has 2 saturated heterocycles. The molecular weight excluding hydrogens is 264 g/mol. The molecule has 0 spiro atoms.